The number of furan rings is 1. The van der Waals surface area contributed by atoms with E-state index in [-0.39, 0.29) is 11.3 Å². The van der Waals surface area contributed by atoms with Gasteiger partial charge >= 0.3 is 0 Å². The van der Waals surface area contributed by atoms with Crippen molar-refractivity contribution in [3.8, 4) is 0 Å². The molecule has 0 bridgehead atoms. The lowest BCUT2D eigenvalue weighted by Gasteiger charge is -2.29. The molecule has 29 heavy (non-hydrogen) atoms. The quantitative estimate of drug-likeness (QED) is 0.714. The smallest absolute Gasteiger partial charge is 0.290 e. The molecule has 4 rings (SSSR count). The summed E-state index contributed by atoms with van der Waals surface area (Å²) in [6.45, 7) is 4.36. The van der Waals surface area contributed by atoms with Gasteiger partial charge in [-0.3, -0.25) is 19.5 Å². The number of pyridine rings is 1. The lowest BCUT2D eigenvalue weighted by atomic mass is 9.98. The molecule has 1 unspecified atom stereocenters. The molecule has 8 heteroatoms. The number of ether oxygens (including phenoxy) is 1. The topological polar surface area (TPSA) is 96.1 Å². The number of morpholine rings is 1. The van der Waals surface area contributed by atoms with E-state index in [1.165, 1.54) is 17.2 Å². The Morgan fingerprint density at radius 3 is 2.69 bits per heavy atom. The number of rotatable bonds is 7. The second kappa shape index (κ2) is 8.59. The van der Waals surface area contributed by atoms with Gasteiger partial charge in [0.05, 0.1) is 30.7 Å². The third-order valence-electron chi connectivity index (χ3n) is 5.24. The number of amides is 1. The van der Waals surface area contributed by atoms with Crippen LogP contribution in [0.2, 0.25) is 0 Å². The zero-order valence-corrected chi connectivity index (χ0v) is 16.0. The maximum atomic E-state index is 13.0. The zero-order valence-electron chi connectivity index (χ0n) is 16.0. The van der Waals surface area contributed by atoms with Gasteiger partial charge in [0.25, 0.3) is 5.91 Å². The highest BCUT2D eigenvalue weighted by atomic mass is 16.5. The maximum Gasteiger partial charge on any atom is 0.290 e. The van der Waals surface area contributed by atoms with E-state index in [0.717, 1.165) is 19.6 Å². The highest BCUT2D eigenvalue weighted by Crippen LogP contribution is 2.38. The van der Waals surface area contributed by atoms with Crippen LogP contribution in [0.15, 0.2) is 58.5 Å². The van der Waals surface area contributed by atoms with E-state index in [2.05, 4.69) is 9.88 Å². The number of hydrogen-bond donors (Lipinski definition) is 1. The molecular weight excluding hydrogens is 374 g/mol. The molecule has 2 aliphatic rings. The molecule has 1 fully saturated rings. The first-order valence-electron chi connectivity index (χ1n) is 9.70. The fraction of sp³-hybridized carbons (Fsp3) is 0.381. The van der Waals surface area contributed by atoms with Gasteiger partial charge in [0.1, 0.15) is 6.04 Å². The van der Waals surface area contributed by atoms with E-state index in [4.69, 9.17) is 9.15 Å². The van der Waals surface area contributed by atoms with E-state index < -0.39 is 23.5 Å². The summed E-state index contributed by atoms with van der Waals surface area (Å²) in [6.07, 6.45) is 3.71. The van der Waals surface area contributed by atoms with E-state index in [0.29, 0.717) is 31.9 Å². The van der Waals surface area contributed by atoms with Crippen LogP contribution in [0.3, 0.4) is 0 Å². The molecule has 0 radical (unpaired) electrons. The van der Waals surface area contributed by atoms with Gasteiger partial charge in [0.15, 0.2) is 11.5 Å². The molecule has 0 spiro atoms. The SMILES string of the molecule is O=C(C1=C(O)C(=O)N(CCCN2CCOCC2)C1c1ccccn1)c1ccco1. The Bertz CT molecular complexity index is 888. The number of aliphatic hydroxyl groups excluding tert-OH is 1. The van der Waals surface area contributed by atoms with Crippen molar-refractivity contribution < 1.29 is 23.8 Å². The summed E-state index contributed by atoms with van der Waals surface area (Å²) < 4.78 is 10.6. The Labute approximate surface area is 168 Å². The summed E-state index contributed by atoms with van der Waals surface area (Å²) in [5, 5.41) is 10.5. The second-order valence-corrected chi connectivity index (χ2v) is 7.03. The van der Waals surface area contributed by atoms with Crippen LogP contribution in [0, 0.1) is 0 Å². The number of carbonyl (C=O) groups is 2. The Balaban J connectivity index is 1.57. The third kappa shape index (κ3) is 3.94. The average Bonchev–Trinajstić information content (AvgIpc) is 3.38. The minimum absolute atomic E-state index is 0.00928. The fourth-order valence-electron chi connectivity index (χ4n) is 3.79. The number of hydrogen-bond acceptors (Lipinski definition) is 7. The Morgan fingerprint density at radius 2 is 2.00 bits per heavy atom. The Hall–Kier alpha value is -2.97. The van der Waals surface area contributed by atoms with Gasteiger partial charge in [-0.1, -0.05) is 6.07 Å². The summed E-state index contributed by atoms with van der Waals surface area (Å²) in [5.74, 6) is -1.52. The Kier molecular flexibility index (Phi) is 5.73. The van der Waals surface area contributed by atoms with Crippen molar-refractivity contribution in [1.29, 1.82) is 0 Å². The highest BCUT2D eigenvalue weighted by molar-refractivity contribution is 6.14. The van der Waals surface area contributed by atoms with Crippen molar-refractivity contribution in [1.82, 2.24) is 14.8 Å². The van der Waals surface area contributed by atoms with E-state index in [1.54, 1.807) is 30.5 Å². The number of nitrogens with zero attached hydrogens (tertiary/aromatic N) is 3. The van der Waals surface area contributed by atoms with Crippen molar-refractivity contribution >= 4 is 11.7 Å². The predicted molar refractivity (Wildman–Crippen MR) is 103 cm³/mol. The second-order valence-electron chi connectivity index (χ2n) is 7.03. The molecule has 0 aromatic carbocycles. The van der Waals surface area contributed by atoms with Gasteiger partial charge in [-0.15, -0.1) is 0 Å². The highest BCUT2D eigenvalue weighted by Gasteiger charge is 2.44. The molecule has 2 aromatic heterocycles. The molecule has 8 nitrogen and oxygen atoms in total. The van der Waals surface area contributed by atoms with Crippen LogP contribution >= 0.6 is 0 Å². The minimum atomic E-state index is -0.744. The lowest BCUT2D eigenvalue weighted by molar-refractivity contribution is -0.129. The number of Topliss-reactive ketones (excluding diaryl/α,β-unsaturated/α-hetero) is 1. The molecule has 1 atom stereocenters. The molecule has 1 N–H and O–H groups in total. The van der Waals surface area contributed by atoms with Crippen molar-refractivity contribution in [3.05, 3.63) is 65.6 Å². The third-order valence-corrected chi connectivity index (χ3v) is 5.24. The first-order valence-corrected chi connectivity index (χ1v) is 9.70. The van der Waals surface area contributed by atoms with Crippen molar-refractivity contribution in [3.63, 3.8) is 0 Å². The maximum absolute atomic E-state index is 13.0. The molecular formula is C21H23N3O5. The van der Waals surface area contributed by atoms with Gasteiger partial charge in [0, 0.05) is 32.4 Å². The van der Waals surface area contributed by atoms with Crippen LogP contribution < -0.4 is 0 Å². The van der Waals surface area contributed by atoms with Gasteiger partial charge in [-0.2, -0.15) is 0 Å². The van der Waals surface area contributed by atoms with Crippen molar-refractivity contribution in [2.45, 2.75) is 12.5 Å². The minimum Gasteiger partial charge on any atom is -0.503 e. The number of aliphatic hydroxyl groups is 1. The molecule has 2 aliphatic heterocycles. The molecule has 0 saturated carbocycles. The first-order chi connectivity index (χ1) is 14.2. The van der Waals surface area contributed by atoms with E-state index in [9.17, 15) is 14.7 Å². The normalized spacial score (nSPS) is 20.5. The summed E-state index contributed by atoms with van der Waals surface area (Å²) in [5.41, 5.74) is 0.543. The largest absolute Gasteiger partial charge is 0.503 e. The molecule has 2 aromatic rings. The number of carbonyl (C=O) groups excluding carboxylic acids is 2. The molecule has 1 amide bonds. The van der Waals surface area contributed by atoms with E-state index in [1.807, 2.05) is 0 Å². The zero-order chi connectivity index (χ0) is 20.2. The molecule has 152 valence electrons. The van der Waals surface area contributed by atoms with Crippen LogP contribution in [0.25, 0.3) is 0 Å². The van der Waals surface area contributed by atoms with Crippen LogP contribution in [-0.4, -0.2) is 71.0 Å². The molecule has 1 saturated heterocycles. The van der Waals surface area contributed by atoms with Crippen LogP contribution in [0.5, 0.6) is 0 Å². The van der Waals surface area contributed by atoms with Gasteiger partial charge < -0.3 is 19.2 Å². The van der Waals surface area contributed by atoms with Crippen LogP contribution in [0.4, 0.5) is 0 Å². The standard InChI is InChI=1S/C21H23N3O5/c25-19(16-6-3-12-29-16)17-18(15-5-1-2-7-22-15)24(21(27)20(17)26)9-4-8-23-10-13-28-14-11-23/h1-3,5-7,12,18,26H,4,8-11,13-14H2. The van der Waals surface area contributed by atoms with Gasteiger partial charge in [0.2, 0.25) is 5.78 Å². The van der Waals surface area contributed by atoms with Crippen molar-refractivity contribution in [2.24, 2.45) is 0 Å². The molecule has 0 aliphatic carbocycles. The number of ketones is 1. The van der Waals surface area contributed by atoms with Crippen LogP contribution in [0.1, 0.15) is 28.7 Å². The Morgan fingerprint density at radius 1 is 1.17 bits per heavy atom. The molecule has 4 heterocycles. The average molecular weight is 397 g/mol. The predicted octanol–water partition coefficient (Wildman–Crippen LogP) is 1.98. The summed E-state index contributed by atoms with van der Waals surface area (Å²) in [4.78, 5) is 33.9. The number of aromatic nitrogens is 1. The van der Waals surface area contributed by atoms with Gasteiger partial charge in [-0.25, -0.2) is 0 Å². The summed E-state index contributed by atoms with van der Waals surface area (Å²) in [6, 6.07) is 7.68. The van der Waals surface area contributed by atoms with Crippen LogP contribution in [-0.2, 0) is 9.53 Å². The first kappa shape index (κ1) is 19.4. The summed E-state index contributed by atoms with van der Waals surface area (Å²) in [7, 11) is 0. The van der Waals surface area contributed by atoms with Crippen molar-refractivity contribution in [2.75, 3.05) is 39.4 Å². The monoisotopic (exact) mass is 397 g/mol. The lowest BCUT2D eigenvalue weighted by Crippen LogP contribution is -2.39. The fourth-order valence-corrected chi connectivity index (χ4v) is 3.79. The van der Waals surface area contributed by atoms with Gasteiger partial charge in [-0.05, 0) is 30.7 Å². The summed E-state index contributed by atoms with van der Waals surface area (Å²) >= 11 is 0. The van der Waals surface area contributed by atoms with E-state index >= 15 is 0 Å².